The summed E-state index contributed by atoms with van der Waals surface area (Å²) in [5.41, 5.74) is 3.18. The average Bonchev–Trinajstić information content (AvgIpc) is 2.52. The zero-order chi connectivity index (χ0) is 15.1. The average molecular weight is 282 g/mol. The van der Waals surface area contributed by atoms with Gasteiger partial charge in [-0.1, -0.05) is 37.6 Å². The van der Waals surface area contributed by atoms with Gasteiger partial charge in [0, 0.05) is 18.3 Å². The van der Waals surface area contributed by atoms with Crippen LogP contribution in [0.25, 0.3) is 0 Å². The van der Waals surface area contributed by atoms with Crippen LogP contribution < -0.4 is 0 Å². The van der Waals surface area contributed by atoms with E-state index < -0.39 is 4.92 Å². The molecule has 0 spiro atoms. The van der Waals surface area contributed by atoms with Crippen molar-refractivity contribution in [3.63, 3.8) is 0 Å². The van der Waals surface area contributed by atoms with Crippen molar-refractivity contribution >= 4 is 17.6 Å². The Kier molecular flexibility index (Phi) is 5.21. The molecule has 0 aliphatic heterocycles. The van der Waals surface area contributed by atoms with E-state index in [0.29, 0.717) is 5.69 Å². The second-order valence-corrected chi connectivity index (χ2v) is 4.83. The second-order valence-electron chi connectivity index (χ2n) is 4.83. The third-order valence-electron chi connectivity index (χ3n) is 3.27. The van der Waals surface area contributed by atoms with Crippen molar-refractivity contribution in [2.45, 2.75) is 26.2 Å². The highest BCUT2D eigenvalue weighted by atomic mass is 16.6. The Morgan fingerprint density at radius 2 is 1.86 bits per heavy atom. The topological polar surface area (TPSA) is 55.5 Å². The van der Waals surface area contributed by atoms with E-state index in [1.165, 1.54) is 17.7 Å². The monoisotopic (exact) mass is 282 g/mol. The largest absolute Gasteiger partial charge is 0.269 e. The Morgan fingerprint density at radius 3 is 2.52 bits per heavy atom. The van der Waals surface area contributed by atoms with Crippen molar-refractivity contribution < 1.29 is 4.92 Å². The fourth-order valence-corrected chi connectivity index (χ4v) is 2.06. The maximum Gasteiger partial charge on any atom is 0.269 e. The quantitative estimate of drug-likeness (QED) is 0.438. The molecule has 0 bridgehead atoms. The lowest BCUT2D eigenvalue weighted by Crippen LogP contribution is -1.92. The van der Waals surface area contributed by atoms with Crippen LogP contribution in [0.15, 0.2) is 53.5 Å². The molecule has 0 aliphatic rings. The summed E-state index contributed by atoms with van der Waals surface area (Å²) in [5.74, 6) is 0. The first-order chi connectivity index (χ1) is 10.2. The lowest BCUT2D eigenvalue weighted by Gasteiger charge is -2.04. The number of hydrogen-bond donors (Lipinski definition) is 0. The molecule has 0 saturated carbocycles. The summed E-state index contributed by atoms with van der Waals surface area (Å²) in [5, 5.41) is 10.6. The van der Waals surface area contributed by atoms with Crippen LogP contribution >= 0.6 is 0 Å². The Labute approximate surface area is 124 Å². The minimum atomic E-state index is -0.409. The van der Waals surface area contributed by atoms with E-state index >= 15 is 0 Å². The summed E-state index contributed by atoms with van der Waals surface area (Å²) in [4.78, 5) is 14.6. The molecule has 0 fully saturated rings. The van der Waals surface area contributed by atoms with Crippen molar-refractivity contribution in [2.75, 3.05) is 0 Å². The molecule has 0 heterocycles. The first-order valence-electron chi connectivity index (χ1n) is 7.07. The van der Waals surface area contributed by atoms with Crippen LogP contribution in [-0.4, -0.2) is 11.1 Å². The third-order valence-corrected chi connectivity index (χ3v) is 3.27. The lowest BCUT2D eigenvalue weighted by molar-refractivity contribution is -0.384. The summed E-state index contributed by atoms with van der Waals surface area (Å²) in [6.07, 6.45) is 5.18. The van der Waals surface area contributed by atoms with E-state index in [4.69, 9.17) is 0 Å². The molecule has 21 heavy (non-hydrogen) atoms. The molecular formula is C17H18N2O2. The number of non-ortho nitro benzene ring substituents is 1. The van der Waals surface area contributed by atoms with Gasteiger partial charge in [0.1, 0.15) is 0 Å². The lowest BCUT2D eigenvalue weighted by atomic mass is 10.0. The van der Waals surface area contributed by atoms with Crippen LogP contribution in [0.2, 0.25) is 0 Å². The Morgan fingerprint density at radius 1 is 1.14 bits per heavy atom. The van der Waals surface area contributed by atoms with E-state index in [1.54, 1.807) is 12.1 Å². The Balaban J connectivity index is 2.15. The number of nitro benzene ring substituents is 1. The number of nitrogens with zero attached hydrogens (tertiary/aromatic N) is 2. The van der Waals surface area contributed by atoms with Gasteiger partial charge in [-0.05, 0) is 36.1 Å². The van der Waals surface area contributed by atoms with E-state index in [9.17, 15) is 10.1 Å². The van der Waals surface area contributed by atoms with E-state index in [2.05, 4.69) is 18.0 Å². The molecule has 0 N–H and O–H groups in total. The number of aryl methyl sites for hydroxylation is 1. The molecule has 4 heteroatoms. The van der Waals surface area contributed by atoms with Gasteiger partial charge in [-0.15, -0.1) is 0 Å². The minimum absolute atomic E-state index is 0.0808. The van der Waals surface area contributed by atoms with Crippen molar-refractivity contribution in [1.82, 2.24) is 0 Å². The van der Waals surface area contributed by atoms with Gasteiger partial charge >= 0.3 is 0 Å². The molecular weight excluding hydrogens is 264 g/mol. The summed E-state index contributed by atoms with van der Waals surface area (Å²) < 4.78 is 0. The molecule has 0 atom stereocenters. The zero-order valence-corrected chi connectivity index (χ0v) is 12.0. The zero-order valence-electron chi connectivity index (χ0n) is 12.0. The first-order valence-corrected chi connectivity index (χ1v) is 7.07. The van der Waals surface area contributed by atoms with Crippen molar-refractivity contribution in [3.05, 3.63) is 69.8 Å². The first kappa shape index (κ1) is 14.9. The Bertz CT molecular complexity index is 633. The number of nitro groups is 1. The van der Waals surface area contributed by atoms with Crippen LogP contribution in [0.5, 0.6) is 0 Å². The number of hydrogen-bond acceptors (Lipinski definition) is 3. The smallest absolute Gasteiger partial charge is 0.258 e. The van der Waals surface area contributed by atoms with Crippen LogP contribution in [0.4, 0.5) is 11.4 Å². The number of aliphatic imine (C=N–C) groups is 1. The Hall–Kier alpha value is -2.49. The predicted octanol–water partition coefficient (Wildman–Crippen LogP) is 4.69. The minimum Gasteiger partial charge on any atom is -0.258 e. The molecule has 2 rings (SSSR count). The van der Waals surface area contributed by atoms with Gasteiger partial charge < -0.3 is 0 Å². The normalized spacial score (nSPS) is 10.9. The summed E-state index contributed by atoms with van der Waals surface area (Å²) in [7, 11) is 0. The van der Waals surface area contributed by atoms with E-state index in [0.717, 1.165) is 24.8 Å². The molecule has 2 aromatic rings. The van der Waals surface area contributed by atoms with Crippen LogP contribution in [-0.2, 0) is 6.42 Å². The van der Waals surface area contributed by atoms with Crippen LogP contribution in [0.3, 0.4) is 0 Å². The van der Waals surface area contributed by atoms with E-state index in [1.807, 2.05) is 24.4 Å². The molecule has 0 unspecified atom stereocenters. The van der Waals surface area contributed by atoms with Gasteiger partial charge in [-0.25, -0.2) is 0 Å². The van der Waals surface area contributed by atoms with E-state index in [-0.39, 0.29) is 5.69 Å². The van der Waals surface area contributed by atoms with Crippen molar-refractivity contribution in [1.29, 1.82) is 0 Å². The second kappa shape index (κ2) is 7.33. The van der Waals surface area contributed by atoms with Gasteiger partial charge in [-0.2, -0.15) is 0 Å². The predicted molar refractivity (Wildman–Crippen MR) is 85.4 cm³/mol. The third kappa shape index (κ3) is 4.24. The molecule has 0 radical (unpaired) electrons. The highest BCUT2D eigenvalue weighted by Crippen LogP contribution is 2.18. The fourth-order valence-electron chi connectivity index (χ4n) is 2.06. The van der Waals surface area contributed by atoms with Crippen LogP contribution in [0, 0.1) is 10.1 Å². The van der Waals surface area contributed by atoms with Gasteiger partial charge in [0.25, 0.3) is 5.69 Å². The molecule has 108 valence electrons. The maximum absolute atomic E-state index is 10.6. The number of unbranched alkanes of at least 4 members (excludes halogenated alkanes) is 1. The van der Waals surface area contributed by atoms with Gasteiger partial charge in [0.05, 0.1) is 10.6 Å². The number of rotatable bonds is 6. The maximum atomic E-state index is 10.6. The van der Waals surface area contributed by atoms with Gasteiger partial charge in [-0.3, -0.25) is 15.1 Å². The van der Waals surface area contributed by atoms with Gasteiger partial charge in [0.2, 0.25) is 0 Å². The SMILES string of the molecule is CCCCc1ccccc1C=Nc1ccc([N+](=O)[O-])cc1. The van der Waals surface area contributed by atoms with Gasteiger partial charge in [0.15, 0.2) is 0 Å². The molecule has 4 nitrogen and oxygen atoms in total. The highest BCUT2D eigenvalue weighted by Gasteiger charge is 2.03. The van der Waals surface area contributed by atoms with Crippen molar-refractivity contribution in [3.8, 4) is 0 Å². The molecule has 0 aliphatic carbocycles. The summed E-state index contributed by atoms with van der Waals surface area (Å²) >= 11 is 0. The highest BCUT2D eigenvalue weighted by molar-refractivity contribution is 5.83. The standard InChI is InChI=1S/C17H18N2O2/c1-2-3-6-14-7-4-5-8-15(14)13-18-16-9-11-17(12-10-16)19(20)21/h4-5,7-13H,2-3,6H2,1H3. The fraction of sp³-hybridized carbons (Fsp3) is 0.235. The van der Waals surface area contributed by atoms with Crippen molar-refractivity contribution in [2.24, 2.45) is 4.99 Å². The molecule has 0 amide bonds. The number of benzene rings is 2. The molecule has 0 aromatic heterocycles. The summed E-state index contributed by atoms with van der Waals surface area (Å²) in [6.45, 7) is 2.17. The van der Waals surface area contributed by atoms with Crippen LogP contribution in [0.1, 0.15) is 30.9 Å². The molecule has 0 saturated heterocycles. The summed E-state index contributed by atoms with van der Waals surface area (Å²) in [6, 6.07) is 14.4. The molecule has 2 aromatic carbocycles.